The summed E-state index contributed by atoms with van der Waals surface area (Å²) in [6.07, 6.45) is 1.48. The fourth-order valence-corrected chi connectivity index (χ4v) is 3.41. The molecule has 226 valence electrons. The highest BCUT2D eigenvalue weighted by molar-refractivity contribution is 5.94. The number of ketones is 1. The molecule has 0 aliphatic rings. The molecule has 0 saturated carbocycles. The van der Waals surface area contributed by atoms with E-state index in [0.29, 0.717) is 50.3 Å². The zero-order valence-electron chi connectivity index (χ0n) is 24.6. The van der Waals surface area contributed by atoms with Crippen molar-refractivity contribution in [2.24, 2.45) is 5.73 Å². The van der Waals surface area contributed by atoms with Gasteiger partial charge in [-0.25, -0.2) is 0 Å². The maximum absolute atomic E-state index is 12.5. The Morgan fingerprint density at radius 2 is 1.52 bits per heavy atom. The number of anilines is 1. The van der Waals surface area contributed by atoms with Crippen LogP contribution in [-0.2, 0) is 23.9 Å². The fourth-order valence-electron chi connectivity index (χ4n) is 3.41. The average molecular weight is 565 g/mol. The number of carbonyl (C=O) groups is 4. The number of carbonyl (C=O) groups excluding carboxylic acids is 4. The molecule has 1 aromatic carbocycles. The van der Waals surface area contributed by atoms with Gasteiger partial charge in [0.25, 0.3) is 5.91 Å². The number of amides is 3. The van der Waals surface area contributed by atoms with Crippen LogP contribution in [0.25, 0.3) is 0 Å². The molecule has 0 heterocycles. The van der Waals surface area contributed by atoms with Crippen LogP contribution in [-0.4, -0.2) is 86.7 Å². The predicted octanol–water partition coefficient (Wildman–Crippen LogP) is 0.498. The first kappa shape index (κ1) is 35.0. The molecular weight excluding hydrogens is 516 g/mol. The summed E-state index contributed by atoms with van der Waals surface area (Å²) in [6.45, 7) is 11.6. The van der Waals surface area contributed by atoms with E-state index in [4.69, 9.17) is 20.9 Å². The number of benzene rings is 1. The summed E-state index contributed by atoms with van der Waals surface area (Å²) in [4.78, 5) is 48.9. The van der Waals surface area contributed by atoms with Gasteiger partial charge in [0.15, 0.2) is 5.78 Å². The van der Waals surface area contributed by atoms with E-state index in [2.05, 4.69) is 42.0 Å². The van der Waals surface area contributed by atoms with Crippen LogP contribution in [0.5, 0.6) is 0 Å². The number of hydrogen-bond acceptors (Lipinski definition) is 9. The molecule has 3 amide bonds. The Labute approximate surface area is 237 Å². The lowest BCUT2D eigenvalue weighted by atomic mass is 9.99. The van der Waals surface area contributed by atoms with Crippen LogP contribution in [0.15, 0.2) is 24.3 Å². The third-order valence-electron chi connectivity index (χ3n) is 5.95. The Bertz CT molecular complexity index is 946. The van der Waals surface area contributed by atoms with Crippen molar-refractivity contribution in [1.82, 2.24) is 21.3 Å². The summed E-state index contributed by atoms with van der Waals surface area (Å²) >= 11 is 0. The lowest BCUT2D eigenvalue weighted by Crippen LogP contribution is -2.54. The molecule has 0 aliphatic heterocycles. The van der Waals surface area contributed by atoms with Gasteiger partial charge in [0.2, 0.25) is 11.8 Å². The van der Waals surface area contributed by atoms with Crippen molar-refractivity contribution in [3.8, 4) is 0 Å². The molecule has 0 saturated heterocycles. The van der Waals surface area contributed by atoms with Gasteiger partial charge in [0, 0.05) is 29.9 Å². The predicted molar refractivity (Wildman–Crippen MR) is 155 cm³/mol. The summed E-state index contributed by atoms with van der Waals surface area (Å²) < 4.78 is 10.9. The monoisotopic (exact) mass is 564 g/mol. The number of Topliss-reactive ketones (excluding diaryl/α,β-unsaturated/α-hetero) is 1. The van der Waals surface area contributed by atoms with Crippen LogP contribution in [0.3, 0.4) is 0 Å². The van der Waals surface area contributed by atoms with Crippen molar-refractivity contribution in [2.45, 2.75) is 71.0 Å². The van der Waals surface area contributed by atoms with Gasteiger partial charge >= 0.3 is 0 Å². The first-order valence-corrected chi connectivity index (χ1v) is 13.6. The first-order chi connectivity index (χ1) is 18.7. The molecule has 12 nitrogen and oxygen atoms in total. The summed E-state index contributed by atoms with van der Waals surface area (Å²) in [5, 5.41) is 11.6. The fraction of sp³-hybridized carbons (Fsp3) is 0.643. The Kier molecular flexibility index (Phi) is 15.4. The molecule has 1 unspecified atom stereocenters. The van der Waals surface area contributed by atoms with Crippen LogP contribution in [0, 0.1) is 0 Å². The van der Waals surface area contributed by atoms with Crippen molar-refractivity contribution in [3.05, 3.63) is 29.8 Å². The molecule has 0 fully saturated rings. The van der Waals surface area contributed by atoms with Gasteiger partial charge in [-0.3, -0.25) is 24.5 Å². The van der Waals surface area contributed by atoms with Gasteiger partial charge in [-0.15, -0.1) is 0 Å². The van der Waals surface area contributed by atoms with Crippen LogP contribution in [0.4, 0.5) is 5.69 Å². The molecule has 1 aromatic rings. The number of unbranched alkanes of at least 4 members (excludes halogenated alkanes) is 1. The smallest absolute Gasteiger partial charge is 0.251 e. The number of hydrogen-bond donors (Lipinski definition) is 6. The molecule has 0 aromatic heterocycles. The molecule has 40 heavy (non-hydrogen) atoms. The van der Waals surface area contributed by atoms with Gasteiger partial charge in [-0.05, 0) is 78.1 Å². The third kappa shape index (κ3) is 15.5. The second-order valence-electron chi connectivity index (χ2n) is 11.1. The van der Waals surface area contributed by atoms with Gasteiger partial charge in [0.05, 0.1) is 31.9 Å². The SMILES string of the molecule is CC(C)(C)NCCOCCOCC(=O)C(C)(C)NCC(=O)NC(CCCCNC(=O)c1ccc(N)cc1)C(N)=O. The maximum atomic E-state index is 12.5. The van der Waals surface area contributed by atoms with Crippen molar-refractivity contribution in [1.29, 1.82) is 0 Å². The minimum Gasteiger partial charge on any atom is -0.399 e. The highest BCUT2D eigenvalue weighted by Crippen LogP contribution is 2.07. The summed E-state index contributed by atoms with van der Waals surface area (Å²) in [5.74, 6) is -1.55. The Morgan fingerprint density at radius 3 is 2.15 bits per heavy atom. The lowest BCUT2D eigenvalue weighted by Gasteiger charge is -2.25. The molecule has 0 bridgehead atoms. The van der Waals surface area contributed by atoms with Crippen LogP contribution in [0.2, 0.25) is 0 Å². The van der Waals surface area contributed by atoms with E-state index >= 15 is 0 Å². The van der Waals surface area contributed by atoms with Gasteiger partial charge < -0.3 is 36.9 Å². The van der Waals surface area contributed by atoms with Crippen LogP contribution in [0.1, 0.15) is 64.2 Å². The molecule has 0 radical (unpaired) electrons. The average Bonchev–Trinajstić information content (AvgIpc) is 2.87. The topological polar surface area (TPSA) is 187 Å². The minimum absolute atomic E-state index is 0.0301. The van der Waals surface area contributed by atoms with Gasteiger partial charge in [-0.2, -0.15) is 0 Å². The highest BCUT2D eigenvalue weighted by Gasteiger charge is 2.28. The van der Waals surface area contributed by atoms with Crippen LogP contribution < -0.4 is 32.7 Å². The first-order valence-electron chi connectivity index (χ1n) is 13.6. The zero-order chi connectivity index (χ0) is 30.2. The molecule has 0 aliphatic carbocycles. The Hall–Kier alpha value is -3.06. The minimum atomic E-state index is -1.01. The summed E-state index contributed by atoms with van der Waals surface area (Å²) in [5.41, 5.74) is 11.2. The normalized spacial score (nSPS) is 12.5. The number of nitrogen functional groups attached to an aromatic ring is 1. The van der Waals surface area contributed by atoms with Crippen molar-refractivity contribution in [3.63, 3.8) is 0 Å². The molecular formula is C28H48N6O6. The summed E-state index contributed by atoms with van der Waals surface area (Å²) in [6, 6.07) is 5.73. The number of nitrogens with one attached hydrogen (secondary N) is 4. The molecule has 0 spiro atoms. The van der Waals surface area contributed by atoms with E-state index in [0.717, 1.165) is 6.54 Å². The van der Waals surface area contributed by atoms with Crippen LogP contribution >= 0.6 is 0 Å². The van der Waals surface area contributed by atoms with E-state index in [-0.39, 0.29) is 37.0 Å². The molecule has 1 rings (SSSR count). The highest BCUT2D eigenvalue weighted by atomic mass is 16.5. The number of nitrogens with two attached hydrogens (primary N) is 2. The third-order valence-corrected chi connectivity index (χ3v) is 5.95. The Morgan fingerprint density at radius 1 is 0.875 bits per heavy atom. The largest absolute Gasteiger partial charge is 0.399 e. The van der Waals surface area contributed by atoms with E-state index in [1.807, 2.05) is 0 Å². The molecule has 1 atom stereocenters. The Balaban J connectivity index is 2.26. The number of primary amides is 1. The van der Waals surface area contributed by atoms with E-state index in [1.54, 1.807) is 38.1 Å². The van der Waals surface area contributed by atoms with Crippen molar-refractivity contribution in [2.75, 3.05) is 51.8 Å². The van der Waals surface area contributed by atoms with E-state index in [9.17, 15) is 19.2 Å². The maximum Gasteiger partial charge on any atom is 0.251 e. The second kappa shape index (κ2) is 17.6. The van der Waals surface area contributed by atoms with E-state index < -0.39 is 23.4 Å². The summed E-state index contributed by atoms with van der Waals surface area (Å²) in [7, 11) is 0. The van der Waals surface area contributed by atoms with Gasteiger partial charge in [-0.1, -0.05) is 0 Å². The number of ether oxygens (including phenoxy) is 2. The van der Waals surface area contributed by atoms with Crippen molar-refractivity contribution < 1.29 is 28.7 Å². The zero-order valence-corrected chi connectivity index (χ0v) is 24.6. The lowest BCUT2D eigenvalue weighted by molar-refractivity contribution is -0.130. The van der Waals surface area contributed by atoms with Gasteiger partial charge in [0.1, 0.15) is 12.6 Å². The van der Waals surface area contributed by atoms with Crippen molar-refractivity contribution >= 4 is 29.2 Å². The number of rotatable bonds is 20. The second-order valence-corrected chi connectivity index (χ2v) is 11.1. The standard InChI is InChI=1S/C28H48N6O6/c1-27(2,3)32-14-15-39-16-17-40-19-23(35)28(4,5)33-18-24(36)34-22(25(30)37)8-6-7-13-31-26(38)20-9-11-21(29)12-10-20/h9-12,22,32-33H,6-8,13-19,29H2,1-5H3,(H2,30,37)(H,31,38)(H,34,36). The van der Waals surface area contributed by atoms with E-state index in [1.165, 1.54) is 0 Å². The molecule has 8 N–H and O–H groups in total. The molecule has 12 heteroatoms. The quantitative estimate of drug-likeness (QED) is 0.0968.